The topological polar surface area (TPSA) is 92.4 Å². The number of carbonyl (C=O) groups excluding carboxylic acids is 2. The molecular weight excluding hydrogens is 436 g/mol. The first-order chi connectivity index (χ1) is 16.5. The molecule has 2 aliphatic heterocycles. The van der Waals surface area contributed by atoms with Gasteiger partial charge in [-0.25, -0.2) is 0 Å². The van der Waals surface area contributed by atoms with E-state index >= 15 is 0 Å². The Bertz CT molecular complexity index is 1040. The lowest BCUT2D eigenvalue weighted by Gasteiger charge is -2.35. The third-order valence-corrected chi connectivity index (χ3v) is 6.42. The number of ether oxygens (including phenoxy) is 3. The summed E-state index contributed by atoms with van der Waals surface area (Å²) in [4.78, 5) is 29.8. The Morgan fingerprint density at radius 3 is 2.56 bits per heavy atom. The summed E-state index contributed by atoms with van der Waals surface area (Å²) in [5, 5.41) is 5.45. The summed E-state index contributed by atoms with van der Waals surface area (Å²) >= 11 is 0. The number of nitrogens with zero attached hydrogens (tertiary/aromatic N) is 2. The van der Waals surface area contributed by atoms with Gasteiger partial charge in [0.25, 0.3) is 0 Å². The molecule has 182 valence electrons. The standard InChI is InChI=1S/C25H32N4O5/c1-28-9-8-18-14-17(4-7-21(18)28)22(29-10-12-34-13-11-29)16-26-24(30)25(31)27-20-6-5-19(32-2)15-23(20)33-3/h4-7,14-15,22H,8-13,16H2,1-3H3,(H,26,30)(H,27,31)/t22-/m1/s1. The summed E-state index contributed by atoms with van der Waals surface area (Å²) in [7, 11) is 5.14. The highest BCUT2D eigenvalue weighted by atomic mass is 16.5. The number of fused-ring (bicyclic) bond motifs is 1. The molecule has 1 fully saturated rings. The van der Waals surface area contributed by atoms with E-state index in [4.69, 9.17) is 14.2 Å². The highest BCUT2D eigenvalue weighted by molar-refractivity contribution is 6.39. The maximum Gasteiger partial charge on any atom is 0.313 e. The van der Waals surface area contributed by atoms with Gasteiger partial charge < -0.3 is 29.7 Å². The predicted octanol–water partition coefficient (Wildman–Crippen LogP) is 1.82. The quantitative estimate of drug-likeness (QED) is 0.599. The van der Waals surface area contributed by atoms with Gasteiger partial charge in [0.15, 0.2) is 0 Å². The summed E-state index contributed by atoms with van der Waals surface area (Å²) in [6.45, 7) is 4.17. The van der Waals surface area contributed by atoms with Crippen LogP contribution in [0.3, 0.4) is 0 Å². The van der Waals surface area contributed by atoms with Crippen molar-refractivity contribution in [2.75, 3.05) is 70.9 Å². The highest BCUT2D eigenvalue weighted by Crippen LogP contribution is 2.32. The summed E-state index contributed by atoms with van der Waals surface area (Å²) in [5.41, 5.74) is 4.10. The largest absolute Gasteiger partial charge is 0.497 e. The van der Waals surface area contributed by atoms with E-state index in [1.165, 1.54) is 18.4 Å². The number of hydrogen-bond donors (Lipinski definition) is 2. The molecule has 0 bridgehead atoms. The van der Waals surface area contributed by atoms with Crippen LogP contribution >= 0.6 is 0 Å². The van der Waals surface area contributed by atoms with Gasteiger partial charge in [0, 0.05) is 45.0 Å². The molecule has 0 radical (unpaired) electrons. The van der Waals surface area contributed by atoms with Crippen molar-refractivity contribution < 1.29 is 23.8 Å². The third-order valence-electron chi connectivity index (χ3n) is 6.42. The lowest BCUT2D eigenvalue weighted by Crippen LogP contribution is -2.45. The molecule has 34 heavy (non-hydrogen) atoms. The van der Waals surface area contributed by atoms with Crippen LogP contribution in [-0.2, 0) is 20.7 Å². The van der Waals surface area contributed by atoms with Gasteiger partial charge in [0.1, 0.15) is 11.5 Å². The van der Waals surface area contributed by atoms with Gasteiger partial charge >= 0.3 is 11.8 Å². The van der Waals surface area contributed by atoms with E-state index in [1.54, 1.807) is 25.3 Å². The zero-order valence-electron chi connectivity index (χ0n) is 19.9. The fourth-order valence-electron chi connectivity index (χ4n) is 4.49. The Morgan fingerprint density at radius 1 is 1.03 bits per heavy atom. The minimum Gasteiger partial charge on any atom is -0.497 e. The first kappa shape index (κ1) is 23.8. The molecule has 2 aliphatic rings. The van der Waals surface area contributed by atoms with Gasteiger partial charge in [-0.15, -0.1) is 0 Å². The number of rotatable bonds is 7. The van der Waals surface area contributed by atoms with Crippen LogP contribution in [0, 0.1) is 0 Å². The number of methoxy groups -OCH3 is 2. The molecule has 2 aromatic rings. The molecule has 2 N–H and O–H groups in total. The molecule has 1 atom stereocenters. The van der Waals surface area contributed by atoms with Crippen LogP contribution in [0.1, 0.15) is 17.2 Å². The zero-order valence-corrected chi connectivity index (χ0v) is 19.9. The molecule has 2 amide bonds. The van der Waals surface area contributed by atoms with E-state index in [1.807, 2.05) is 0 Å². The zero-order chi connectivity index (χ0) is 24.1. The molecule has 0 aromatic heterocycles. The van der Waals surface area contributed by atoms with E-state index < -0.39 is 11.8 Å². The second-order valence-electron chi connectivity index (χ2n) is 8.45. The molecule has 0 unspecified atom stereocenters. The Hall–Kier alpha value is -3.30. The van der Waals surface area contributed by atoms with E-state index in [-0.39, 0.29) is 6.04 Å². The Labute approximate surface area is 200 Å². The average molecular weight is 469 g/mol. The van der Waals surface area contributed by atoms with Gasteiger partial charge in [0.2, 0.25) is 0 Å². The molecule has 9 heteroatoms. The van der Waals surface area contributed by atoms with E-state index in [0.717, 1.165) is 31.6 Å². The van der Waals surface area contributed by atoms with Crippen molar-refractivity contribution in [3.63, 3.8) is 0 Å². The Balaban J connectivity index is 1.45. The maximum atomic E-state index is 12.7. The van der Waals surface area contributed by atoms with Crippen molar-refractivity contribution in [2.45, 2.75) is 12.5 Å². The molecule has 0 aliphatic carbocycles. The van der Waals surface area contributed by atoms with Crippen molar-refractivity contribution in [1.29, 1.82) is 0 Å². The van der Waals surface area contributed by atoms with Crippen LogP contribution in [0.5, 0.6) is 11.5 Å². The molecule has 0 spiro atoms. The molecular formula is C25H32N4O5. The normalized spacial score (nSPS) is 16.5. The van der Waals surface area contributed by atoms with Crippen LogP contribution in [0.15, 0.2) is 36.4 Å². The van der Waals surface area contributed by atoms with Crippen LogP contribution in [0.4, 0.5) is 11.4 Å². The number of carbonyl (C=O) groups is 2. The minimum atomic E-state index is -0.750. The van der Waals surface area contributed by atoms with Gasteiger partial charge in [-0.1, -0.05) is 12.1 Å². The Kier molecular flexibility index (Phi) is 7.54. The van der Waals surface area contributed by atoms with Crippen LogP contribution in [-0.4, -0.2) is 77.4 Å². The first-order valence-corrected chi connectivity index (χ1v) is 11.5. The van der Waals surface area contributed by atoms with Crippen LogP contribution in [0.25, 0.3) is 0 Å². The average Bonchev–Trinajstić information content (AvgIpc) is 3.24. The number of likely N-dealkylation sites (N-methyl/N-ethyl adjacent to an activating group) is 1. The smallest absolute Gasteiger partial charge is 0.313 e. The number of benzene rings is 2. The second kappa shape index (κ2) is 10.8. The van der Waals surface area contributed by atoms with Gasteiger partial charge in [-0.2, -0.15) is 0 Å². The van der Waals surface area contributed by atoms with E-state index in [2.05, 4.69) is 45.7 Å². The number of hydrogen-bond acceptors (Lipinski definition) is 7. The molecule has 0 saturated carbocycles. The monoisotopic (exact) mass is 468 g/mol. The fraction of sp³-hybridized carbons (Fsp3) is 0.440. The van der Waals surface area contributed by atoms with Crippen molar-refractivity contribution >= 4 is 23.2 Å². The number of anilines is 2. The lowest BCUT2D eigenvalue weighted by molar-refractivity contribution is -0.136. The van der Waals surface area contributed by atoms with Crippen molar-refractivity contribution in [3.05, 3.63) is 47.5 Å². The van der Waals surface area contributed by atoms with E-state index in [0.29, 0.717) is 36.9 Å². The number of morpholine rings is 1. The summed E-state index contributed by atoms with van der Waals surface area (Å²) in [6, 6.07) is 11.4. The second-order valence-corrected chi connectivity index (χ2v) is 8.45. The third kappa shape index (κ3) is 5.26. The number of amides is 2. The van der Waals surface area contributed by atoms with Gasteiger partial charge in [-0.3, -0.25) is 14.5 Å². The predicted molar refractivity (Wildman–Crippen MR) is 130 cm³/mol. The highest BCUT2D eigenvalue weighted by Gasteiger charge is 2.26. The molecule has 2 aromatic carbocycles. The lowest BCUT2D eigenvalue weighted by atomic mass is 10.0. The van der Waals surface area contributed by atoms with Crippen LogP contribution < -0.4 is 25.0 Å². The first-order valence-electron chi connectivity index (χ1n) is 11.5. The van der Waals surface area contributed by atoms with Gasteiger partial charge in [-0.05, 0) is 35.7 Å². The maximum absolute atomic E-state index is 12.7. The van der Waals surface area contributed by atoms with Crippen molar-refractivity contribution in [3.8, 4) is 11.5 Å². The fourth-order valence-corrected chi connectivity index (χ4v) is 4.49. The summed E-state index contributed by atoms with van der Waals surface area (Å²) in [5.74, 6) is -0.445. The summed E-state index contributed by atoms with van der Waals surface area (Å²) < 4.78 is 16.0. The minimum absolute atomic E-state index is 0.0487. The molecule has 1 saturated heterocycles. The Morgan fingerprint density at radius 2 is 1.82 bits per heavy atom. The number of nitrogens with one attached hydrogen (secondary N) is 2. The summed E-state index contributed by atoms with van der Waals surface area (Å²) in [6.07, 6.45) is 1.01. The molecule has 2 heterocycles. The van der Waals surface area contributed by atoms with Crippen molar-refractivity contribution in [1.82, 2.24) is 10.2 Å². The van der Waals surface area contributed by atoms with E-state index in [9.17, 15) is 9.59 Å². The van der Waals surface area contributed by atoms with Crippen LogP contribution in [0.2, 0.25) is 0 Å². The van der Waals surface area contributed by atoms with Gasteiger partial charge in [0.05, 0.1) is 39.2 Å². The SMILES string of the molecule is COc1ccc(NC(=O)C(=O)NC[C@H](c2ccc3c(c2)CCN3C)N2CCOCC2)c(OC)c1. The van der Waals surface area contributed by atoms with Crippen molar-refractivity contribution in [2.24, 2.45) is 0 Å². The molecule has 9 nitrogen and oxygen atoms in total. The molecule has 4 rings (SSSR count).